The van der Waals surface area contributed by atoms with E-state index >= 15 is 0 Å². The summed E-state index contributed by atoms with van der Waals surface area (Å²) in [6.45, 7) is 0. The Bertz CT molecular complexity index is 569. The Morgan fingerprint density at radius 1 is 1.06 bits per heavy atom. The summed E-state index contributed by atoms with van der Waals surface area (Å²) in [7, 11) is 0. The van der Waals surface area contributed by atoms with Crippen molar-refractivity contribution in [3.8, 4) is 0 Å². The predicted molar refractivity (Wildman–Crippen MR) is 80.2 cm³/mol. The van der Waals surface area contributed by atoms with Gasteiger partial charge in [0.1, 0.15) is 0 Å². The van der Waals surface area contributed by atoms with E-state index in [0.717, 1.165) is 20.5 Å². The molecule has 2 rings (SSSR count). The van der Waals surface area contributed by atoms with Gasteiger partial charge in [0.05, 0.1) is 12.1 Å². The monoisotopic (exact) mass is 353 g/mol. The van der Waals surface area contributed by atoms with Crippen LogP contribution in [0.3, 0.4) is 0 Å². The molecule has 0 bridgehead atoms. The Morgan fingerprint density at radius 3 is 2.33 bits per heavy atom. The van der Waals surface area contributed by atoms with Crippen LogP contribution < -0.4 is 5.32 Å². The second-order valence-electron chi connectivity index (χ2n) is 3.83. The minimum Gasteiger partial charge on any atom is -0.481 e. The number of halogens is 1. The molecule has 18 heavy (non-hydrogen) atoms. The van der Waals surface area contributed by atoms with Crippen LogP contribution in [0.15, 0.2) is 48.5 Å². The standard InChI is InChI=1S/C14H12INO2/c15-11-6-2-4-8-13(11)16-12-7-3-1-5-10(12)9-14(17)18/h1-8,16H,9H2,(H,17,18). The molecule has 0 aromatic heterocycles. The molecular formula is C14H12INO2. The van der Waals surface area contributed by atoms with E-state index < -0.39 is 5.97 Å². The highest BCUT2D eigenvalue weighted by atomic mass is 127. The van der Waals surface area contributed by atoms with Gasteiger partial charge < -0.3 is 10.4 Å². The van der Waals surface area contributed by atoms with Gasteiger partial charge in [-0.15, -0.1) is 0 Å². The SMILES string of the molecule is O=C(O)Cc1ccccc1Nc1ccccc1I. The highest BCUT2D eigenvalue weighted by molar-refractivity contribution is 14.1. The van der Waals surface area contributed by atoms with Crippen LogP contribution in [0.25, 0.3) is 0 Å². The van der Waals surface area contributed by atoms with Gasteiger partial charge in [-0.2, -0.15) is 0 Å². The summed E-state index contributed by atoms with van der Waals surface area (Å²) in [6, 6.07) is 15.3. The Morgan fingerprint density at radius 2 is 1.67 bits per heavy atom. The van der Waals surface area contributed by atoms with Crippen molar-refractivity contribution in [1.82, 2.24) is 0 Å². The van der Waals surface area contributed by atoms with Crippen molar-refractivity contribution in [1.29, 1.82) is 0 Å². The molecule has 92 valence electrons. The van der Waals surface area contributed by atoms with Crippen molar-refractivity contribution < 1.29 is 9.90 Å². The summed E-state index contributed by atoms with van der Waals surface area (Å²) in [4.78, 5) is 10.8. The lowest BCUT2D eigenvalue weighted by Gasteiger charge is -2.12. The molecule has 0 aliphatic heterocycles. The maximum Gasteiger partial charge on any atom is 0.307 e. The van der Waals surface area contributed by atoms with Gasteiger partial charge in [0.15, 0.2) is 0 Å². The molecular weight excluding hydrogens is 341 g/mol. The lowest BCUT2D eigenvalue weighted by atomic mass is 10.1. The topological polar surface area (TPSA) is 49.3 Å². The van der Waals surface area contributed by atoms with Crippen LogP contribution in [0.2, 0.25) is 0 Å². The Kier molecular flexibility index (Phi) is 4.19. The summed E-state index contributed by atoms with van der Waals surface area (Å²) in [5, 5.41) is 12.2. The quantitative estimate of drug-likeness (QED) is 0.825. The van der Waals surface area contributed by atoms with Gasteiger partial charge in [-0.3, -0.25) is 4.79 Å². The van der Waals surface area contributed by atoms with Crippen LogP contribution in [0.4, 0.5) is 11.4 Å². The van der Waals surface area contributed by atoms with Crippen molar-refractivity contribution >= 4 is 39.9 Å². The maximum absolute atomic E-state index is 10.8. The average Bonchev–Trinajstić information content (AvgIpc) is 2.34. The van der Waals surface area contributed by atoms with Crippen LogP contribution >= 0.6 is 22.6 Å². The maximum atomic E-state index is 10.8. The second-order valence-corrected chi connectivity index (χ2v) is 4.99. The van der Waals surface area contributed by atoms with E-state index in [1.807, 2.05) is 48.5 Å². The summed E-state index contributed by atoms with van der Waals surface area (Å²) in [5.41, 5.74) is 2.60. The molecule has 0 atom stereocenters. The highest BCUT2D eigenvalue weighted by Crippen LogP contribution is 2.24. The highest BCUT2D eigenvalue weighted by Gasteiger charge is 2.07. The number of benzene rings is 2. The first-order chi connectivity index (χ1) is 8.66. The summed E-state index contributed by atoms with van der Waals surface area (Å²) < 4.78 is 1.10. The number of hydrogen-bond acceptors (Lipinski definition) is 2. The molecule has 0 amide bonds. The largest absolute Gasteiger partial charge is 0.481 e. The van der Waals surface area contributed by atoms with E-state index in [1.165, 1.54) is 0 Å². The van der Waals surface area contributed by atoms with Crippen LogP contribution in [0.5, 0.6) is 0 Å². The van der Waals surface area contributed by atoms with Crippen LogP contribution in [0.1, 0.15) is 5.56 Å². The predicted octanol–water partition coefficient (Wildman–Crippen LogP) is 3.66. The molecule has 0 saturated carbocycles. The molecule has 0 spiro atoms. The van der Waals surface area contributed by atoms with Crippen molar-refractivity contribution in [3.05, 3.63) is 57.7 Å². The fourth-order valence-corrected chi connectivity index (χ4v) is 2.19. The third-order valence-corrected chi connectivity index (χ3v) is 3.44. The van der Waals surface area contributed by atoms with Gasteiger partial charge in [-0.1, -0.05) is 30.3 Å². The second kappa shape index (κ2) is 5.86. The third kappa shape index (κ3) is 3.22. The van der Waals surface area contributed by atoms with Crippen molar-refractivity contribution in [2.45, 2.75) is 6.42 Å². The van der Waals surface area contributed by atoms with Crippen LogP contribution in [-0.2, 0) is 11.2 Å². The zero-order valence-electron chi connectivity index (χ0n) is 9.56. The van der Waals surface area contributed by atoms with E-state index in [0.29, 0.717) is 0 Å². The van der Waals surface area contributed by atoms with Gasteiger partial charge >= 0.3 is 5.97 Å². The molecule has 0 saturated heterocycles. The Labute approximate surface area is 119 Å². The first-order valence-electron chi connectivity index (χ1n) is 5.48. The fourth-order valence-electron chi connectivity index (χ4n) is 1.67. The van der Waals surface area contributed by atoms with E-state index in [1.54, 1.807) is 0 Å². The lowest BCUT2D eigenvalue weighted by Crippen LogP contribution is -2.04. The van der Waals surface area contributed by atoms with E-state index in [2.05, 4.69) is 27.9 Å². The van der Waals surface area contributed by atoms with Crippen molar-refractivity contribution in [2.75, 3.05) is 5.32 Å². The summed E-state index contributed by atoms with van der Waals surface area (Å²) in [5.74, 6) is -0.827. The summed E-state index contributed by atoms with van der Waals surface area (Å²) >= 11 is 2.25. The summed E-state index contributed by atoms with van der Waals surface area (Å²) in [6.07, 6.45) is 0.0204. The minimum atomic E-state index is -0.827. The van der Waals surface area contributed by atoms with Crippen molar-refractivity contribution in [3.63, 3.8) is 0 Å². The van der Waals surface area contributed by atoms with Gasteiger partial charge in [-0.05, 0) is 46.4 Å². The molecule has 4 heteroatoms. The minimum absolute atomic E-state index is 0.0204. The molecule has 3 nitrogen and oxygen atoms in total. The van der Waals surface area contributed by atoms with Crippen LogP contribution in [0, 0.1) is 3.57 Å². The number of hydrogen-bond donors (Lipinski definition) is 2. The molecule has 0 unspecified atom stereocenters. The van der Waals surface area contributed by atoms with E-state index in [9.17, 15) is 4.79 Å². The Hall–Kier alpha value is -1.56. The van der Waals surface area contributed by atoms with Crippen molar-refractivity contribution in [2.24, 2.45) is 0 Å². The number of para-hydroxylation sites is 2. The molecule has 0 fully saturated rings. The number of anilines is 2. The molecule has 2 N–H and O–H groups in total. The van der Waals surface area contributed by atoms with Gasteiger partial charge in [0, 0.05) is 9.26 Å². The van der Waals surface area contributed by atoms with Gasteiger partial charge in [-0.25, -0.2) is 0 Å². The van der Waals surface area contributed by atoms with E-state index in [-0.39, 0.29) is 6.42 Å². The van der Waals surface area contributed by atoms with Gasteiger partial charge in [0.2, 0.25) is 0 Å². The molecule has 0 aliphatic carbocycles. The number of carboxylic acid groups (broad SMARTS) is 1. The number of carboxylic acids is 1. The van der Waals surface area contributed by atoms with E-state index in [4.69, 9.17) is 5.11 Å². The molecule has 0 radical (unpaired) electrons. The molecule has 2 aromatic carbocycles. The molecule has 0 heterocycles. The smallest absolute Gasteiger partial charge is 0.307 e. The number of nitrogens with one attached hydrogen (secondary N) is 1. The number of carbonyl (C=O) groups is 1. The normalized spacial score (nSPS) is 10.1. The molecule has 2 aromatic rings. The first kappa shape index (κ1) is 12.9. The number of rotatable bonds is 4. The Balaban J connectivity index is 2.29. The zero-order chi connectivity index (χ0) is 13.0. The first-order valence-corrected chi connectivity index (χ1v) is 6.56. The van der Waals surface area contributed by atoms with Gasteiger partial charge in [0.25, 0.3) is 0 Å². The lowest BCUT2D eigenvalue weighted by molar-refractivity contribution is -0.136. The third-order valence-electron chi connectivity index (χ3n) is 2.50. The zero-order valence-corrected chi connectivity index (χ0v) is 11.7. The number of aliphatic carboxylic acids is 1. The fraction of sp³-hybridized carbons (Fsp3) is 0.0714. The average molecular weight is 353 g/mol. The van der Waals surface area contributed by atoms with Crippen LogP contribution in [-0.4, -0.2) is 11.1 Å². The molecule has 0 aliphatic rings.